The molecule has 0 radical (unpaired) electrons. The van der Waals surface area contributed by atoms with Gasteiger partial charge in [-0.3, -0.25) is 0 Å². The Morgan fingerprint density at radius 2 is 2.00 bits per heavy atom. The molecule has 2 aromatic heterocycles. The number of para-hydroxylation sites is 1. The Morgan fingerprint density at radius 1 is 1.21 bits per heavy atom. The van der Waals surface area contributed by atoms with Gasteiger partial charge in [0, 0.05) is 17.6 Å². The Balaban J connectivity index is 1.79. The molecule has 0 fully saturated rings. The normalized spacial score (nSPS) is 10.6. The largest absolute Gasteiger partial charge is 0.481 e. The summed E-state index contributed by atoms with van der Waals surface area (Å²) in [6.45, 7) is 1.92. The number of aryl methyl sites for hydroxylation is 1. The minimum Gasteiger partial charge on any atom is -0.481 e. The van der Waals surface area contributed by atoms with Crippen LogP contribution in [0, 0.1) is 6.92 Å². The number of hydrogen-bond donors (Lipinski definition) is 0. The summed E-state index contributed by atoms with van der Waals surface area (Å²) in [4.78, 5) is 20.6. The number of fused-ring (bicyclic) bond motifs is 1. The van der Waals surface area contributed by atoms with E-state index in [1.165, 1.54) is 13.3 Å². The molecular weight excluding hydrogens is 328 g/mol. The Morgan fingerprint density at radius 3 is 2.71 bits per heavy atom. The molecule has 5 nitrogen and oxygen atoms in total. The fraction of sp³-hybridized carbons (Fsp3) is 0.167. The van der Waals surface area contributed by atoms with Gasteiger partial charge in [0.25, 0.3) is 0 Å². The number of benzene rings is 1. The highest BCUT2D eigenvalue weighted by atomic mass is 35.5. The van der Waals surface area contributed by atoms with Crippen molar-refractivity contribution in [1.29, 1.82) is 0 Å². The Labute approximate surface area is 144 Å². The summed E-state index contributed by atoms with van der Waals surface area (Å²) >= 11 is 6.36. The van der Waals surface area contributed by atoms with E-state index in [9.17, 15) is 4.79 Å². The number of halogens is 1. The van der Waals surface area contributed by atoms with Crippen LogP contribution in [0.2, 0.25) is 5.02 Å². The first kappa shape index (κ1) is 16.2. The molecule has 0 amide bonds. The molecule has 0 saturated heterocycles. The van der Waals surface area contributed by atoms with Gasteiger partial charge in [0.15, 0.2) is 0 Å². The molecule has 0 saturated carbocycles. The van der Waals surface area contributed by atoms with Gasteiger partial charge in [0.2, 0.25) is 5.88 Å². The van der Waals surface area contributed by atoms with E-state index in [4.69, 9.17) is 21.1 Å². The van der Waals surface area contributed by atoms with E-state index in [1.807, 2.05) is 31.2 Å². The molecule has 0 aliphatic carbocycles. The fourth-order valence-electron chi connectivity index (χ4n) is 2.35. The van der Waals surface area contributed by atoms with E-state index < -0.39 is 5.97 Å². The first-order chi connectivity index (χ1) is 11.6. The van der Waals surface area contributed by atoms with Gasteiger partial charge in [-0.2, -0.15) is 0 Å². The first-order valence-electron chi connectivity index (χ1n) is 7.31. The molecule has 0 spiro atoms. The van der Waals surface area contributed by atoms with Crippen LogP contribution in [-0.2, 0) is 11.3 Å². The van der Waals surface area contributed by atoms with Crippen molar-refractivity contribution in [2.45, 2.75) is 13.5 Å². The van der Waals surface area contributed by atoms with E-state index in [1.54, 1.807) is 12.1 Å². The van der Waals surface area contributed by atoms with Crippen LogP contribution in [0.15, 0.2) is 42.6 Å². The zero-order valence-electron chi connectivity index (χ0n) is 13.2. The van der Waals surface area contributed by atoms with Crippen molar-refractivity contribution in [3.63, 3.8) is 0 Å². The van der Waals surface area contributed by atoms with Crippen LogP contribution in [0.1, 0.15) is 21.6 Å². The van der Waals surface area contributed by atoms with Gasteiger partial charge in [0.05, 0.1) is 28.9 Å². The van der Waals surface area contributed by atoms with E-state index in [0.29, 0.717) is 22.2 Å². The standard InChI is InChI=1S/C18H15ClN2O3/c1-11-13-5-3-4-6-14(13)21-15(17(11)19)10-24-18(22)12-7-8-16(23-2)20-9-12/h3-9H,10H2,1-2H3. The number of nitrogens with zero attached hydrogens (tertiary/aromatic N) is 2. The van der Waals surface area contributed by atoms with Crippen molar-refractivity contribution >= 4 is 28.5 Å². The quantitative estimate of drug-likeness (QED) is 0.672. The van der Waals surface area contributed by atoms with Gasteiger partial charge in [0.1, 0.15) is 6.61 Å². The third-order valence-electron chi connectivity index (χ3n) is 3.67. The number of esters is 1. The molecule has 0 atom stereocenters. The average Bonchev–Trinajstić information content (AvgIpc) is 2.63. The van der Waals surface area contributed by atoms with Crippen LogP contribution in [0.4, 0.5) is 0 Å². The monoisotopic (exact) mass is 342 g/mol. The molecule has 0 aliphatic rings. The lowest BCUT2D eigenvalue weighted by atomic mass is 10.1. The van der Waals surface area contributed by atoms with Gasteiger partial charge < -0.3 is 9.47 Å². The molecule has 0 bridgehead atoms. The third kappa shape index (κ3) is 3.16. The highest BCUT2D eigenvalue weighted by Gasteiger charge is 2.13. The molecule has 0 unspecified atom stereocenters. The van der Waals surface area contributed by atoms with E-state index >= 15 is 0 Å². The molecule has 0 aliphatic heterocycles. The van der Waals surface area contributed by atoms with Crippen LogP contribution in [0.25, 0.3) is 10.9 Å². The maximum atomic E-state index is 12.1. The SMILES string of the molecule is COc1ccc(C(=O)OCc2nc3ccccc3c(C)c2Cl)cn1. The lowest BCUT2D eigenvalue weighted by Gasteiger charge is -2.10. The maximum absolute atomic E-state index is 12.1. The third-order valence-corrected chi connectivity index (χ3v) is 4.17. The van der Waals surface area contributed by atoms with Crippen LogP contribution in [0.5, 0.6) is 5.88 Å². The predicted octanol–water partition coefficient (Wildman–Crippen LogP) is 3.96. The zero-order valence-corrected chi connectivity index (χ0v) is 14.0. The van der Waals surface area contributed by atoms with Gasteiger partial charge in [-0.1, -0.05) is 29.8 Å². The first-order valence-corrected chi connectivity index (χ1v) is 7.69. The fourth-order valence-corrected chi connectivity index (χ4v) is 2.55. The highest BCUT2D eigenvalue weighted by molar-refractivity contribution is 6.32. The minimum absolute atomic E-state index is 0.00459. The minimum atomic E-state index is -0.492. The van der Waals surface area contributed by atoms with Crippen molar-refractivity contribution in [2.75, 3.05) is 7.11 Å². The molecule has 1 aromatic carbocycles. The molecular formula is C18H15ClN2O3. The van der Waals surface area contributed by atoms with E-state index in [-0.39, 0.29) is 6.61 Å². The lowest BCUT2D eigenvalue weighted by Crippen LogP contribution is -2.07. The second-order valence-corrected chi connectivity index (χ2v) is 5.56. The number of rotatable bonds is 4. The zero-order chi connectivity index (χ0) is 17.1. The number of carbonyl (C=O) groups excluding carboxylic acids is 1. The van der Waals surface area contributed by atoms with Crippen LogP contribution in [0.3, 0.4) is 0 Å². The summed E-state index contributed by atoms with van der Waals surface area (Å²) in [6, 6.07) is 10.9. The average molecular weight is 343 g/mol. The van der Waals surface area contributed by atoms with Gasteiger partial charge in [-0.15, -0.1) is 0 Å². The number of carbonyl (C=O) groups is 1. The summed E-state index contributed by atoms with van der Waals surface area (Å²) in [5.74, 6) is -0.0600. The number of methoxy groups -OCH3 is 1. The predicted molar refractivity (Wildman–Crippen MR) is 91.4 cm³/mol. The number of pyridine rings is 2. The van der Waals surface area contributed by atoms with Gasteiger partial charge >= 0.3 is 5.97 Å². The molecule has 0 N–H and O–H groups in total. The number of aromatic nitrogens is 2. The van der Waals surface area contributed by atoms with Gasteiger partial charge in [-0.05, 0) is 24.6 Å². The smallest absolute Gasteiger partial charge is 0.340 e. The van der Waals surface area contributed by atoms with Gasteiger partial charge in [-0.25, -0.2) is 14.8 Å². The molecule has 6 heteroatoms. The van der Waals surface area contributed by atoms with Crippen molar-refractivity contribution in [1.82, 2.24) is 9.97 Å². The molecule has 2 heterocycles. The van der Waals surface area contributed by atoms with Crippen molar-refractivity contribution in [3.8, 4) is 5.88 Å². The Kier molecular flexibility index (Phi) is 4.62. The number of ether oxygens (including phenoxy) is 2. The van der Waals surface area contributed by atoms with Crippen molar-refractivity contribution < 1.29 is 14.3 Å². The molecule has 3 rings (SSSR count). The highest BCUT2D eigenvalue weighted by Crippen LogP contribution is 2.27. The summed E-state index contributed by atoms with van der Waals surface area (Å²) in [7, 11) is 1.51. The van der Waals surface area contributed by atoms with Crippen molar-refractivity contribution in [2.24, 2.45) is 0 Å². The molecule has 122 valence electrons. The Hall–Kier alpha value is -2.66. The van der Waals surface area contributed by atoms with Crippen molar-refractivity contribution in [3.05, 3.63) is 64.4 Å². The molecule has 24 heavy (non-hydrogen) atoms. The van der Waals surface area contributed by atoms with Crippen LogP contribution >= 0.6 is 11.6 Å². The van der Waals surface area contributed by atoms with Crippen LogP contribution in [-0.4, -0.2) is 23.0 Å². The summed E-state index contributed by atoms with van der Waals surface area (Å²) < 4.78 is 10.3. The van der Waals surface area contributed by atoms with Crippen LogP contribution < -0.4 is 4.74 Å². The lowest BCUT2D eigenvalue weighted by molar-refractivity contribution is 0.0467. The Bertz CT molecular complexity index is 895. The summed E-state index contributed by atoms with van der Waals surface area (Å²) in [5, 5.41) is 1.49. The maximum Gasteiger partial charge on any atom is 0.340 e. The second-order valence-electron chi connectivity index (χ2n) is 5.18. The second kappa shape index (κ2) is 6.84. The van der Waals surface area contributed by atoms with E-state index in [0.717, 1.165) is 16.5 Å². The summed E-state index contributed by atoms with van der Waals surface area (Å²) in [6.07, 6.45) is 1.40. The topological polar surface area (TPSA) is 61.3 Å². The molecule has 3 aromatic rings. The van der Waals surface area contributed by atoms with E-state index in [2.05, 4.69) is 9.97 Å². The summed E-state index contributed by atoms with van der Waals surface area (Å²) in [5.41, 5.74) is 2.60. The number of hydrogen-bond acceptors (Lipinski definition) is 5.